The van der Waals surface area contributed by atoms with Crippen molar-refractivity contribution in [3.8, 4) is 5.69 Å². The number of benzene rings is 1. The predicted molar refractivity (Wildman–Crippen MR) is 78.1 cm³/mol. The van der Waals surface area contributed by atoms with Crippen LogP contribution in [-0.4, -0.2) is 15.7 Å². The first-order chi connectivity index (χ1) is 11.0. The molecule has 0 spiro atoms. The maximum Gasteiger partial charge on any atom is 0.255 e. The zero-order chi connectivity index (χ0) is 16.4. The topological polar surface area (TPSA) is 60.1 Å². The second-order valence-corrected chi connectivity index (χ2v) is 4.96. The fourth-order valence-corrected chi connectivity index (χ4v) is 2.15. The average molecular weight is 317 g/mol. The smallest absolute Gasteiger partial charge is 0.255 e. The molecule has 7 heteroatoms. The molecule has 118 valence electrons. The number of carbonyl (C=O) groups excluding carboxylic acids is 1. The van der Waals surface area contributed by atoms with Gasteiger partial charge >= 0.3 is 0 Å². The normalized spacial score (nSPS) is 10.7. The third-order valence-electron chi connectivity index (χ3n) is 3.35. The van der Waals surface area contributed by atoms with Crippen LogP contribution in [0.4, 0.5) is 8.78 Å². The van der Waals surface area contributed by atoms with Gasteiger partial charge in [-0.05, 0) is 25.1 Å². The summed E-state index contributed by atoms with van der Waals surface area (Å²) in [6, 6.07) is 4.83. The van der Waals surface area contributed by atoms with E-state index in [0.29, 0.717) is 16.9 Å². The lowest BCUT2D eigenvalue weighted by Gasteiger charge is -2.03. The van der Waals surface area contributed by atoms with Gasteiger partial charge in [-0.15, -0.1) is 0 Å². The van der Waals surface area contributed by atoms with Gasteiger partial charge < -0.3 is 9.73 Å². The van der Waals surface area contributed by atoms with E-state index in [9.17, 15) is 13.6 Å². The van der Waals surface area contributed by atoms with E-state index in [-0.39, 0.29) is 18.1 Å². The van der Waals surface area contributed by atoms with E-state index in [1.807, 2.05) is 0 Å². The second kappa shape index (κ2) is 6.04. The number of hydrogen-bond donors (Lipinski definition) is 1. The molecule has 5 nitrogen and oxygen atoms in total. The van der Waals surface area contributed by atoms with Gasteiger partial charge in [-0.25, -0.2) is 13.5 Å². The molecule has 0 aliphatic heterocycles. The first kappa shape index (κ1) is 15.0. The van der Waals surface area contributed by atoms with Crippen molar-refractivity contribution in [3.63, 3.8) is 0 Å². The number of amides is 1. The minimum atomic E-state index is -0.710. The molecule has 3 rings (SSSR count). The van der Waals surface area contributed by atoms with Gasteiger partial charge in [0.05, 0.1) is 18.0 Å². The summed E-state index contributed by atoms with van der Waals surface area (Å²) in [5, 5.41) is 6.74. The Balaban J connectivity index is 1.70. The standard InChI is InChI=1S/C16H13F2N3O2/c1-10-13(4-5-23-10)16(22)19-7-11-8-20-21(9-11)15-3-2-12(17)6-14(15)18/h2-6,8-9H,7H2,1H3,(H,19,22). The van der Waals surface area contributed by atoms with Gasteiger partial charge in [-0.3, -0.25) is 4.79 Å². The Morgan fingerprint density at radius 2 is 2.17 bits per heavy atom. The molecule has 0 saturated heterocycles. The second-order valence-electron chi connectivity index (χ2n) is 4.96. The largest absolute Gasteiger partial charge is 0.469 e. The highest BCUT2D eigenvalue weighted by Crippen LogP contribution is 2.15. The van der Waals surface area contributed by atoms with Gasteiger partial charge in [0.2, 0.25) is 0 Å². The number of rotatable bonds is 4. The van der Waals surface area contributed by atoms with Crippen LogP contribution in [0.1, 0.15) is 21.7 Å². The highest BCUT2D eigenvalue weighted by atomic mass is 19.1. The van der Waals surface area contributed by atoms with E-state index in [1.165, 1.54) is 23.2 Å². The maximum atomic E-state index is 13.7. The number of furan rings is 1. The Hall–Kier alpha value is -2.96. The molecule has 0 atom stereocenters. The summed E-state index contributed by atoms with van der Waals surface area (Å²) < 4.78 is 33.0. The van der Waals surface area contributed by atoms with Crippen molar-refractivity contribution < 1.29 is 18.0 Å². The van der Waals surface area contributed by atoms with Crippen LogP contribution in [0.5, 0.6) is 0 Å². The van der Waals surface area contributed by atoms with Gasteiger partial charge in [0, 0.05) is 24.4 Å². The molecule has 0 aliphatic rings. The zero-order valence-electron chi connectivity index (χ0n) is 12.2. The molecule has 0 saturated carbocycles. The zero-order valence-corrected chi connectivity index (χ0v) is 12.2. The summed E-state index contributed by atoms with van der Waals surface area (Å²) in [4.78, 5) is 12.0. The van der Waals surface area contributed by atoms with Gasteiger partial charge in [0.25, 0.3) is 5.91 Å². The molecule has 0 fully saturated rings. The lowest BCUT2D eigenvalue weighted by atomic mass is 10.2. The summed E-state index contributed by atoms with van der Waals surface area (Å²) in [5.74, 6) is -1.09. The number of nitrogens with zero attached hydrogens (tertiary/aromatic N) is 2. The number of aryl methyl sites for hydroxylation is 1. The molecule has 1 aromatic carbocycles. The Labute approximate surface area is 130 Å². The van der Waals surface area contributed by atoms with Crippen LogP contribution in [0.15, 0.2) is 47.3 Å². The third kappa shape index (κ3) is 3.13. The maximum absolute atomic E-state index is 13.7. The van der Waals surface area contributed by atoms with Crippen LogP contribution in [0.3, 0.4) is 0 Å². The molecular weight excluding hydrogens is 304 g/mol. The van der Waals surface area contributed by atoms with Crippen molar-refractivity contribution in [2.24, 2.45) is 0 Å². The molecule has 1 N–H and O–H groups in total. The molecule has 0 bridgehead atoms. The van der Waals surface area contributed by atoms with E-state index >= 15 is 0 Å². The van der Waals surface area contributed by atoms with E-state index in [1.54, 1.807) is 19.2 Å². The molecule has 0 unspecified atom stereocenters. The number of carbonyl (C=O) groups is 1. The Kier molecular flexibility index (Phi) is 3.92. The summed E-state index contributed by atoms with van der Waals surface area (Å²) in [7, 11) is 0. The summed E-state index contributed by atoms with van der Waals surface area (Å²) >= 11 is 0. The molecule has 23 heavy (non-hydrogen) atoms. The van der Waals surface area contributed by atoms with E-state index in [0.717, 1.165) is 12.1 Å². The van der Waals surface area contributed by atoms with E-state index in [2.05, 4.69) is 10.4 Å². The fraction of sp³-hybridized carbons (Fsp3) is 0.125. The monoisotopic (exact) mass is 317 g/mol. The lowest BCUT2D eigenvalue weighted by Crippen LogP contribution is -2.22. The first-order valence-electron chi connectivity index (χ1n) is 6.86. The molecule has 3 aromatic rings. The molecule has 0 aliphatic carbocycles. The SMILES string of the molecule is Cc1occc1C(=O)NCc1cnn(-c2ccc(F)cc2F)c1. The van der Waals surface area contributed by atoms with E-state index < -0.39 is 11.6 Å². The number of aromatic nitrogens is 2. The molecule has 1 amide bonds. The Morgan fingerprint density at radius 1 is 1.35 bits per heavy atom. The van der Waals surface area contributed by atoms with Gasteiger partial charge in [0.1, 0.15) is 17.3 Å². The van der Waals surface area contributed by atoms with Crippen molar-refractivity contribution in [3.05, 3.63) is 71.4 Å². The highest BCUT2D eigenvalue weighted by Gasteiger charge is 2.12. The summed E-state index contributed by atoms with van der Waals surface area (Å²) in [6.07, 6.45) is 4.52. The minimum absolute atomic E-state index is 0.134. The Morgan fingerprint density at radius 3 is 2.87 bits per heavy atom. The van der Waals surface area contributed by atoms with Crippen LogP contribution >= 0.6 is 0 Å². The number of hydrogen-bond acceptors (Lipinski definition) is 3. The molecular formula is C16H13F2N3O2. The van der Waals surface area contributed by atoms with Gasteiger partial charge in [-0.1, -0.05) is 0 Å². The molecule has 2 heterocycles. The van der Waals surface area contributed by atoms with Crippen LogP contribution in [0, 0.1) is 18.6 Å². The van der Waals surface area contributed by atoms with Crippen molar-refractivity contribution >= 4 is 5.91 Å². The quantitative estimate of drug-likeness (QED) is 0.805. The number of nitrogens with one attached hydrogen (secondary N) is 1. The first-order valence-corrected chi connectivity index (χ1v) is 6.86. The van der Waals surface area contributed by atoms with Crippen LogP contribution < -0.4 is 5.32 Å². The van der Waals surface area contributed by atoms with E-state index in [4.69, 9.17) is 4.42 Å². The van der Waals surface area contributed by atoms with Crippen LogP contribution in [0.2, 0.25) is 0 Å². The highest BCUT2D eigenvalue weighted by molar-refractivity contribution is 5.94. The van der Waals surface area contributed by atoms with Crippen LogP contribution in [-0.2, 0) is 6.54 Å². The minimum Gasteiger partial charge on any atom is -0.469 e. The number of halogens is 2. The molecule has 0 radical (unpaired) electrons. The van der Waals surface area contributed by atoms with Gasteiger partial charge in [0.15, 0.2) is 5.82 Å². The van der Waals surface area contributed by atoms with Crippen molar-refractivity contribution in [1.82, 2.24) is 15.1 Å². The van der Waals surface area contributed by atoms with Crippen molar-refractivity contribution in [2.75, 3.05) is 0 Å². The summed E-state index contributed by atoms with van der Waals surface area (Å²) in [5.41, 5.74) is 1.28. The average Bonchev–Trinajstić information content (AvgIpc) is 3.14. The Bertz CT molecular complexity index is 855. The van der Waals surface area contributed by atoms with Crippen molar-refractivity contribution in [1.29, 1.82) is 0 Å². The fourth-order valence-electron chi connectivity index (χ4n) is 2.15. The third-order valence-corrected chi connectivity index (χ3v) is 3.35. The summed E-state index contributed by atoms with van der Waals surface area (Å²) in [6.45, 7) is 1.93. The van der Waals surface area contributed by atoms with Crippen molar-refractivity contribution in [2.45, 2.75) is 13.5 Å². The lowest BCUT2D eigenvalue weighted by molar-refractivity contribution is 0.0949. The van der Waals surface area contributed by atoms with Gasteiger partial charge in [-0.2, -0.15) is 5.10 Å². The predicted octanol–water partition coefficient (Wildman–Crippen LogP) is 2.98. The molecule has 2 aromatic heterocycles. The van der Waals surface area contributed by atoms with Crippen LogP contribution in [0.25, 0.3) is 5.69 Å².